The van der Waals surface area contributed by atoms with Crippen LogP contribution in [0.15, 0.2) is 0 Å². The number of hydrogen-bond donors (Lipinski definition) is 8. The summed E-state index contributed by atoms with van der Waals surface area (Å²) in [7, 11) is 0. The molecule has 8 nitrogen and oxygen atoms in total. The molecule has 0 amide bonds. The van der Waals surface area contributed by atoms with E-state index in [1.807, 2.05) is 0 Å². The van der Waals surface area contributed by atoms with E-state index in [2.05, 4.69) is 84.1 Å². The minimum absolute atomic E-state index is 0.258. The van der Waals surface area contributed by atoms with Crippen molar-refractivity contribution in [3.8, 4) is 0 Å². The van der Waals surface area contributed by atoms with E-state index in [-0.39, 0.29) is 5.41 Å². The van der Waals surface area contributed by atoms with Crippen molar-refractivity contribution in [1.29, 1.82) is 0 Å². The highest BCUT2D eigenvalue weighted by Gasteiger charge is 2.59. The Hall–Kier alpha value is -0.320. The van der Waals surface area contributed by atoms with Crippen LogP contribution in [-0.4, -0.2) is 49.3 Å². The molecular weight excluding hydrogens is 592 g/mol. The predicted molar refractivity (Wildman–Crippen MR) is 194 cm³/mol. The van der Waals surface area contributed by atoms with Crippen LogP contribution in [0.5, 0.6) is 0 Å². The summed E-state index contributed by atoms with van der Waals surface area (Å²) in [5.74, 6) is 6.96. The molecule has 9 fully saturated rings. The van der Waals surface area contributed by atoms with Crippen LogP contribution < -0.4 is 42.5 Å². The predicted octanol–water partition coefficient (Wildman–Crippen LogP) is 5.15. The zero-order valence-corrected chi connectivity index (χ0v) is 31.3. The fourth-order valence-electron chi connectivity index (χ4n) is 14.2. The molecule has 8 N–H and O–H groups in total. The summed E-state index contributed by atoms with van der Waals surface area (Å²) in [6, 6.07) is 0. The molecule has 0 aromatic rings. The summed E-state index contributed by atoms with van der Waals surface area (Å²) in [6.45, 7) is 15.2. The van der Waals surface area contributed by atoms with E-state index in [9.17, 15) is 0 Å². The SMILES string of the molecule is CC(C)(C)C1CCC2C3NC4NC(NC5NC(NC6NC(NC(N3)C2C1C(C)(C)C)C1CCCCC61)C1CCCCC51)C1CCCCC41. The first kappa shape index (κ1) is 33.5. The largest absolute Gasteiger partial charge is 0.286 e. The maximum atomic E-state index is 4.43. The number of nitrogens with one attached hydrogen (secondary N) is 8. The average Bonchev–Trinajstić information content (AvgIpc) is 3.79. The van der Waals surface area contributed by atoms with E-state index in [0.29, 0.717) is 96.2 Å². The quantitative estimate of drug-likeness (QED) is 0.180. The lowest BCUT2D eigenvalue weighted by Gasteiger charge is -2.53. The van der Waals surface area contributed by atoms with Crippen molar-refractivity contribution in [2.24, 2.45) is 70.0 Å². The Labute approximate surface area is 292 Å². The number of fused-ring (bicyclic) bond motifs is 20. The zero-order chi connectivity index (χ0) is 32.9. The van der Waals surface area contributed by atoms with Gasteiger partial charge in [0.2, 0.25) is 0 Å². The van der Waals surface area contributed by atoms with Crippen molar-refractivity contribution in [2.75, 3.05) is 0 Å². The smallest absolute Gasteiger partial charge is 0.0631 e. The number of hydrogen-bond acceptors (Lipinski definition) is 8. The van der Waals surface area contributed by atoms with Gasteiger partial charge in [-0.05, 0) is 121 Å². The molecule has 4 saturated carbocycles. The molecule has 9 aliphatic rings. The summed E-state index contributed by atoms with van der Waals surface area (Å²) in [5, 5.41) is 34.6. The molecule has 0 aromatic carbocycles. The maximum absolute atomic E-state index is 4.43. The third-order valence-corrected chi connectivity index (χ3v) is 16.1. The zero-order valence-electron chi connectivity index (χ0n) is 31.3. The maximum Gasteiger partial charge on any atom is 0.0631 e. The second-order valence-corrected chi connectivity index (χ2v) is 20.7. The molecule has 18 unspecified atom stereocenters. The highest BCUT2D eigenvalue weighted by Crippen LogP contribution is 2.57. The van der Waals surface area contributed by atoms with Crippen LogP contribution in [0, 0.1) is 70.0 Å². The van der Waals surface area contributed by atoms with Crippen molar-refractivity contribution in [3.05, 3.63) is 0 Å². The van der Waals surface area contributed by atoms with E-state index in [1.54, 1.807) is 0 Å². The molecule has 48 heavy (non-hydrogen) atoms. The lowest BCUT2D eigenvalue weighted by Crippen LogP contribution is -2.62. The summed E-state index contributed by atoms with van der Waals surface area (Å²) in [4.78, 5) is 0. The van der Waals surface area contributed by atoms with Gasteiger partial charge in [-0.25, -0.2) is 0 Å². The van der Waals surface area contributed by atoms with Crippen LogP contribution in [0.25, 0.3) is 0 Å². The Morgan fingerprint density at radius 1 is 0.312 bits per heavy atom. The van der Waals surface area contributed by atoms with Crippen LogP contribution in [-0.2, 0) is 0 Å². The molecular formula is C40H72N8. The Morgan fingerprint density at radius 3 is 0.896 bits per heavy atom. The first-order valence-corrected chi connectivity index (χ1v) is 21.1. The Balaban J connectivity index is 1.09. The van der Waals surface area contributed by atoms with Gasteiger partial charge in [0.15, 0.2) is 0 Å². The van der Waals surface area contributed by atoms with Gasteiger partial charge < -0.3 is 0 Å². The van der Waals surface area contributed by atoms with Crippen molar-refractivity contribution in [2.45, 2.75) is 181 Å². The summed E-state index contributed by atoms with van der Waals surface area (Å²) in [5.41, 5.74) is 0.571. The first-order chi connectivity index (χ1) is 23.0. The van der Waals surface area contributed by atoms with Crippen LogP contribution in [0.3, 0.4) is 0 Å². The molecule has 0 aromatic heterocycles. The molecule has 5 saturated heterocycles. The van der Waals surface area contributed by atoms with E-state index >= 15 is 0 Å². The molecule has 4 aliphatic carbocycles. The second-order valence-electron chi connectivity index (χ2n) is 20.7. The van der Waals surface area contributed by atoms with Crippen molar-refractivity contribution < 1.29 is 0 Å². The van der Waals surface area contributed by atoms with E-state index in [4.69, 9.17) is 0 Å². The Kier molecular flexibility index (Phi) is 8.85. The molecule has 0 spiro atoms. The van der Waals surface area contributed by atoms with Gasteiger partial charge in [-0.15, -0.1) is 0 Å². The molecule has 8 heteroatoms. The van der Waals surface area contributed by atoms with Gasteiger partial charge in [-0.2, -0.15) is 0 Å². The standard InChI is InChI=1S/C40H72N8/c1-39(2,3)28-20-19-27-29(30(28)40(4,5)6)38-47-36-26-18-12-11-17-25(26)34(45-36)43-32-22-14-8-7-13-21(22)31(41-32)42-33-23-15-9-10-16-24(23)35(44-33)46-37(27)48-38/h21-38,41-48H,7-20H2,1-6H3. The fraction of sp³-hybridized carbons (Fsp3) is 1.00. The highest BCUT2D eigenvalue weighted by molar-refractivity contribution is 5.11. The normalized spacial score (nSPS) is 53.9. The summed E-state index contributed by atoms with van der Waals surface area (Å²) < 4.78 is 0. The molecule has 272 valence electrons. The highest BCUT2D eigenvalue weighted by atomic mass is 15.4. The van der Waals surface area contributed by atoms with Crippen molar-refractivity contribution >= 4 is 0 Å². The topological polar surface area (TPSA) is 96.2 Å². The average molecular weight is 665 g/mol. The summed E-state index contributed by atoms with van der Waals surface area (Å²) in [6.07, 6.45) is 22.1. The lowest BCUT2D eigenvalue weighted by molar-refractivity contribution is -0.0434. The molecule has 9 rings (SSSR count). The van der Waals surface area contributed by atoms with Crippen molar-refractivity contribution in [1.82, 2.24) is 42.5 Å². The van der Waals surface area contributed by atoms with Gasteiger partial charge in [0, 0.05) is 0 Å². The van der Waals surface area contributed by atoms with Crippen LogP contribution >= 0.6 is 0 Å². The van der Waals surface area contributed by atoms with Gasteiger partial charge in [-0.1, -0.05) is 80.1 Å². The minimum atomic E-state index is 0.258. The van der Waals surface area contributed by atoms with Crippen LogP contribution in [0.1, 0.15) is 131 Å². The summed E-state index contributed by atoms with van der Waals surface area (Å²) >= 11 is 0. The van der Waals surface area contributed by atoms with Gasteiger partial charge in [0.05, 0.1) is 49.3 Å². The third-order valence-electron chi connectivity index (χ3n) is 16.1. The molecule has 5 aliphatic heterocycles. The molecule has 18 atom stereocenters. The lowest BCUT2D eigenvalue weighted by atomic mass is 9.52. The van der Waals surface area contributed by atoms with Gasteiger partial charge in [-0.3, -0.25) is 42.5 Å². The molecule has 5 heterocycles. The first-order valence-electron chi connectivity index (χ1n) is 21.1. The van der Waals surface area contributed by atoms with Crippen LogP contribution in [0.2, 0.25) is 0 Å². The minimum Gasteiger partial charge on any atom is -0.286 e. The number of rotatable bonds is 0. The molecule has 0 radical (unpaired) electrons. The van der Waals surface area contributed by atoms with E-state index in [0.717, 1.165) is 17.8 Å². The van der Waals surface area contributed by atoms with Crippen LogP contribution in [0.4, 0.5) is 0 Å². The van der Waals surface area contributed by atoms with Crippen molar-refractivity contribution in [3.63, 3.8) is 0 Å². The molecule has 8 bridgehead atoms. The van der Waals surface area contributed by atoms with Gasteiger partial charge in [0.25, 0.3) is 0 Å². The Morgan fingerprint density at radius 2 is 0.604 bits per heavy atom. The third kappa shape index (κ3) is 5.77. The fourth-order valence-corrected chi connectivity index (χ4v) is 14.2. The van der Waals surface area contributed by atoms with E-state index < -0.39 is 0 Å². The van der Waals surface area contributed by atoms with E-state index in [1.165, 1.54) is 89.9 Å². The monoisotopic (exact) mass is 665 g/mol. The van der Waals surface area contributed by atoms with Gasteiger partial charge >= 0.3 is 0 Å². The van der Waals surface area contributed by atoms with Gasteiger partial charge in [0.1, 0.15) is 0 Å². The Bertz CT molecular complexity index is 1150. The second kappa shape index (κ2) is 12.7.